The molecule has 0 aliphatic heterocycles. The standard InChI is InChI=1S/C25H23ClN2O2S/c1-28(2)16-17-5-3-6-18(13-17)19-7-4-8-20(14-19)22-15-21(30-27-22)9-10-23(29)24-11-12-25(26)31-24/h3-8,11-15H,9-10,16H2,1-2H3. The van der Waals surface area contributed by atoms with Gasteiger partial charge in [0.1, 0.15) is 11.5 Å². The number of aromatic nitrogens is 1. The highest BCUT2D eigenvalue weighted by molar-refractivity contribution is 7.18. The molecule has 6 heteroatoms. The number of halogens is 1. The van der Waals surface area contributed by atoms with E-state index in [9.17, 15) is 4.79 Å². The van der Waals surface area contributed by atoms with Crippen LogP contribution in [0.2, 0.25) is 4.34 Å². The molecule has 0 saturated heterocycles. The van der Waals surface area contributed by atoms with Crippen LogP contribution in [0.3, 0.4) is 0 Å². The largest absolute Gasteiger partial charge is 0.361 e. The number of hydrogen-bond donors (Lipinski definition) is 0. The Hall–Kier alpha value is -2.73. The molecule has 2 heterocycles. The van der Waals surface area contributed by atoms with Gasteiger partial charge in [-0.2, -0.15) is 0 Å². The predicted octanol–water partition coefficient (Wildman–Crippen LogP) is 6.60. The molecule has 2 aromatic heterocycles. The Morgan fingerprint density at radius 1 is 1.00 bits per heavy atom. The molecular weight excluding hydrogens is 428 g/mol. The molecule has 0 N–H and O–H groups in total. The molecule has 0 atom stereocenters. The molecule has 0 spiro atoms. The minimum Gasteiger partial charge on any atom is -0.361 e. The number of carbonyl (C=O) groups is 1. The molecule has 0 unspecified atom stereocenters. The lowest BCUT2D eigenvalue weighted by Gasteiger charge is -2.11. The highest BCUT2D eigenvalue weighted by atomic mass is 35.5. The van der Waals surface area contributed by atoms with Crippen molar-refractivity contribution in [3.05, 3.63) is 87.3 Å². The molecule has 4 rings (SSSR count). The van der Waals surface area contributed by atoms with Crippen LogP contribution in [0, 0.1) is 0 Å². The van der Waals surface area contributed by atoms with Gasteiger partial charge in [-0.15, -0.1) is 11.3 Å². The van der Waals surface area contributed by atoms with E-state index >= 15 is 0 Å². The van der Waals surface area contributed by atoms with Crippen LogP contribution >= 0.6 is 22.9 Å². The van der Waals surface area contributed by atoms with Crippen LogP contribution in [0.25, 0.3) is 22.4 Å². The second kappa shape index (κ2) is 9.60. The van der Waals surface area contributed by atoms with Gasteiger partial charge in [0.25, 0.3) is 0 Å². The van der Waals surface area contributed by atoms with E-state index in [1.807, 2.05) is 18.2 Å². The van der Waals surface area contributed by atoms with E-state index in [0.29, 0.717) is 27.8 Å². The summed E-state index contributed by atoms with van der Waals surface area (Å²) in [6.45, 7) is 0.899. The molecule has 0 aliphatic rings. The van der Waals surface area contributed by atoms with E-state index < -0.39 is 0 Å². The van der Waals surface area contributed by atoms with Gasteiger partial charge in [-0.05, 0) is 55.1 Å². The van der Waals surface area contributed by atoms with Gasteiger partial charge >= 0.3 is 0 Å². The van der Waals surface area contributed by atoms with Gasteiger partial charge in [-0.1, -0.05) is 53.2 Å². The average Bonchev–Trinajstić information content (AvgIpc) is 3.41. The monoisotopic (exact) mass is 450 g/mol. The van der Waals surface area contributed by atoms with Gasteiger partial charge in [0.15, 0.2) is 5.78 Å². The highest BCUT2D eigenvalue weighted by Gasteiger charge is 2.13. The second-order valence-corrected chi connectivity index (χ2v) is 9.44. The van der Waals surface area contributed by atoms with Crippen LogP contribution in [0.5, 0.6) is 0 Å². The Morgan fingerprint density at radius 3 is 2.48 bits per heavy atom. The van der Waals surface area contributed by atoms with E-state index in [0.717, 1.165) is 23.4 Å². The number of ketones is 1. The van der Waals surface area contributed by atoms with Gasteiger partial charge in [-0.3, -0.25) is 4.79 Å². The Bertz CT molecular complexity index is 1200. The first-order chi connectivity index (χ1) is 15.0. The first-order valence-electron chi connectivity index (χ1n) is 10.1. The summed E-state index contributed by atoms with van der Waals surface area (Å²) in [5, 5.41) is 4.22. The van der Waals surface area contributed by atoms with Crippen molar-refractivity contribution in [2.75, 3.05) is 14.1 Å². The number of aryl methyl sites for hydroxylation is 1. The van der Waals surface area contributed by atoms with Gasteiger partial charge in [0, 0.05) is 31.0 Å². The van der Waals surface area contributed by atoms with Crippen LogP contribution in [0.1, 0.15) is 27.4 Å². The maximum absolute atomic E-state index is 12.3. The summed E-state index contributed by atoms with van der Waals surface area (Å²) >= 11 is 7.22. The molecular formula is C25H23ClN2O2S. The third kappa shape index (κ3) is 5.50. The first kappa shape index (κ1) is 21.5. The number of nitrogens with zero attached hydrogens (tertiary/aromatic N) is 2. The molecule has 0 radical (unpaired) electrons. The second-order valence-electron chi connectivity index (χ2n) is 7.72. The van der Waals surface area contributed by atoms with Crippen LogP contribution in [-0.2, 0) is 13.0 Å². The predicted molar refractivity (Wildman–Crippen MR) is 127 cm³/mol. The first-order valence-corrected chi connectivity index (χ1v) is 11.3. The van der Waals surface area contributed by atoms with Crippen molar-refractivity contribution in [2.24, 2.45) is 0 Å². The summed E-state index contributed by atoms with van der Waals surface area (Å²) in [5.74, 6) is 0.763. The maximum Gasteiger partial charge on any atom is 0.173 e. The zero-order chi connectivity index (χ0) is 21.8. The summed E-state index contributed by atoms with van der Waals surface area (Å²) in [5.41, 5.74) is 5.33. The maximum atomic E-state index is 12.3. The van der Waals surface area contributed by atoms with Gasteiger partial charge in [0.05, 0.1) is 9.21 Å². The van der Waals surface area contributed by atoms with Crippen LogP contribution in [0.4, 0.5) is 0 Å². The quantitative estimate of drug-likeness (QED) is 0.284. The van der Waals surface area contributed by atoms with E-state index in [2.05, 4.69) is 60.6 Å². The Labute approximate surface area is 191 Å². The van der Waals surface area contributed by atoms with Crippen LogP contribution in [0.15, 0.2) is 71.3 Å². The molecule has 0 aliphatic carbocycles. The van der Waals surface area contributed by atoms with Crippen LogP contribution in [-0.4, -0.2) is 29.9 Å². The Morgan fingerprint density at radius 2 is 1.74 bits per heavy atom. The molecule has 0 fully saturated rings. The molecule has 31 heavy (non-hydrogen) atoms. The lowest BCUT2D eigenvalue weighted by molar-refractivity contribution is 0.0984. The van der Waals surface area contributed by atoms with E-state index in [4.69, 9.17) is 16.1 Å². The summed E-state index contributed by atoms with van der Waals surface area (Å²) in [6, 6.07) is 22.3. The number of carbonyl (C=O) groups excluding carboxylic acids is 1. The van der Waals surface area contributed by atoms with Crippen molar-refractivity contribution >= 4 is 28.7 Å². The summed E-state index contributed by atoms with van der Waals surface area (Å²) in [6.07, 6.45) is 0.873. The minimum atomic E-state index is 0.0643. The number of benzene rings is 2. The Kier molecular flexibility index (Phi) is 6.66. The van der Waals surface area contributed by atoms with E-state index in [-0.39, 0.29) is 5.78 Å². The number of hydrogen-bond acceptors (Lipinski definition) is 5. The van der Waals surface area contributed by atoms with Crippen molar-refractivity contribution in [1.29, 1.82) is 0 Å². The summed E-state index contributed by atoms with van der Waals surface area (Å²) in [4.78, 5) is 15.1. The summed E-state index contributed by atoms with van der Waals surface area (Å²) < 4.78 is 6.11. The number of rotatable bonds is 8. The van der Waals surface area contributed by atoms with Gasteiger partial charge < -0.3 is 9.42 Å². The third-order valence-corrected chi connectivity index (χ3v) is 6.20. The highest BCUT2D eigenvalue weighted by Crippen LogP contribution is 2.28. The van der Waals surface area contributed by atoms with Crippen molar-refractivity contribution in [1.82, 2.24) is 10.1 Å². The molecule has 2 aromatic carbocycles. The van der Waals surface area contributed by atoms with E-state index in [1.165, 1.54) is 22.5 Å². The Balaban J connectivity index is 1.47. The topological polar surface area (TPSA) is 46.3 Å². The molecule has 0 bridgehead atoms. The zero-order valence-electron chi connectivity index (χ0n) is 17.5. The fourth-order valence-electron chi connectivity index (χ4n) is 3.46. The van der Waals surface area contributed by atoms with Crippen molar-refractivity contribution in [3.63, 3.8) is 0 Å². The average molecular weight is 451 g/mol. The van der Waals surface area contributed by atoms with Crippen molar-refractivity contribution in [2.45, 2.75) is 19.4 Å². The number of thiophene rings is 1. The lowest BCUT2D eigenvalue weighted by atomic mass is 10.00. The minimum absolute atomic E-state index is 0.0643. The van der Waals surface area contributed by atoms with E-state index in [1.54, 1.807) is 12.1 Å². The fraction of sp³-hybridized carbons (Fsp3) is 0.200. The lowest BCUT2D eigenvalue weighted by Crippen LogP contribution is -2.10. The smallest absolute Gasteiger partial charge is 0.173 e. The van der Waals surface area contributed by atoms with Gasteiger partial charge in [0.2, 0.25) is 0 Å². The third-order valence-electron chi connectivity index (χ3n) is 4.92. The summed E-state index contributed by atoms with van der Waals surface area (Å²) in [7, 11) is 4.14. The molecule has 158 valence electrons. The molecule has 0 saturated carbocycles. The van der Waals surface area contributed by atoms with Crippen LogP contribution < -0.4 is 0 Å². The van der Waals surface area contributed by atoms with Crippen molar-refractivity contribution < 1.29 is 9.32 Å². The molecule has 0 amide bonds. The fourth-order valence-corrected chi connectivity index (χ4v) is 4.47. The molecule has 4 nitrogen and oxygen atoms in total. The normalized spacial score (nSPS) is 11.2. The zero-order valence-corrected chi connectivity index (χ0v) is 19.0. The SMILES string of the molecule is CN(C)Cc1cccc(-c2cccc(-c3cc(CCC(=O)c4ccc(Cl)s4)on3)c2)c1. The van der Waals surface area contributed by atoms with Gasteiger partial charge in [-0.25, -0.2) is 0 Å². The molecule has 4 aromatic rings. The van der Waals surface area contributed by atoms with Crippen molar-refractivity contribution in [3.8, 4) is 22.4 Å². The number of Topliss-reactive ketones (excluding diaryl/α,β-unsaturated/α-hetero) is 1.